The van der Waals surface area contributed by atoms with E-state index in [2.05, 4.69) is 0 Å². The van der Waals surface area contributed by atoms with Crippen LogP contribution in [-0.2, 0) is 4.79 Å². The summed E-state index contributed by atoms with van der Waals surface area (Å²) in [6, 6.07) is 6.76. The zero-order chi connectivity index (χ0) is 10.7. The lowest BCUT2D eigenvalue weighted by Crippen LogP contribution is -2.01. The Kier molecular flexibility index (Phi) is 2.95. The molecule has 0 aliphatic heterocycles. The normalized spacial score (nSPS) is 20.1. The number of hydrogen-bond donors (Lipinski definition) is 0. The Labute approximate surface area is 88.6 Å². The molecule has 0 spiro atoms. The van der Waals surface area contributed by atoms with Gasteiger partial charge in [0.05, 0.1) is 0 Å². The van der Waals surface area contributed by atoms with Gasteiger partial charge in [0.2, 0.25) is 0 Å². The number of benzene rings is 1. The maximum Gasteiger partial charge on any atom is 0.130 e. The van der Waals surface area contributed by atoms with Gasteiger partial charge in [-0.3, -0.25) is 0 Å². The van der Waals surface area contributed by atoms with E-state index in [1.807, 2.05) is 12.1 Å². The molecular formula is C13H13FO. The van der Waals surface area contributed by atoms with Crippen LogP contribution in [0.2, 0.25) is 0 Å². The van der Waals surface area contributed by atoms with Gasteiger partial charge in [-0.25, -0.2) is 4.39 Å². The van der Waals surface area contributed by atoms with E-state index in [0.29, 0.717) is 12.0 Å². The summed E-state index contributed by atoms with van der Waals surface area (Å²) in [4.78, 5) is 10.5. The highest BCUT2D eigenvalue weighted by Crippen LogP contribution is 2.36. The molecule has 1 atom stereocenters. The molecular weight excluding hydrogens is 191 g/mol. The summed E-state index contributed by atoms with van der Waals surface area (Å²) in [6.45, 7) is 0. The fourth-order valence-electron chi connectivity index (χ4n) is 2.15. The van der Waals surface area contributed by atoms with Crippen LogP contribution in [0, 0.1) is 11.7 Å². The minimum Gasteiger partial charge on any atom is -0.303 e. The topological polar surface area (TPSA) is 17.1 Å². The van der Waals surface area contributed by atoms with Crippen molar-refractivity contribution in [2.75, 3.05) is 0 Å². The molecule has 0 N–H and O–H groups in total. The minimum atomic E-state index is -0.193. The Morgan fingerprint density at radius 3 is 2.93 bits per heavy atom. The zero-order valence-electron chi connectivity index (χ0n) is 8.45. The van der Waals surface area contributed by atoms with E-state index < -0.39 is 0 Å². The molecule has 1 unspecified atom stereocenters. The summed E-state index contributed by atoms with van der Waals surface area (Å²) >= 11 is 0. The van der Waals surface area contributed by atoms with Gasteiger partial charge in [0, 0.05) is 12.0 Å². The van der Waals surface area contributed by atoms with Gasteiger partial charge in [0.25, 0.3) is 0 Å². The summed E-state index contributed by atoms with van der Waals surface area (Å²) in [6.07, 6.45) is 5.38. The van der Waals surface area contributed by atoms with E-state index in [-0.39, 0.29) is 11.7 Å². The van der Waals surface area contributed by atoms with Gasteiger partial charge in [0.1, 0.15) is 12.1 Å². The van der Waals surface area contributed by atoms with Crippen LogP contribution in [-0.4, -0.2) is 6.29 Å². The Hall–Kier alpha value is -1.44. The van der Waals surface area contributed by atoms with Crippen molar-refractivity contribution in [1.29, 1.82) is 0 Å². The Morgan fingerprint density at radius 1 is 1.40 bits per heavy atom. The van der Waals surface area contributed by atoms with Crippen molar-refractivity contribution < 1.29 is 9.18 Å². The quantitative estimate of drug-likeness (QED) is 0.691. The third kappa shape index (κ3) is 1.99. The highest BCUT2D eigenvalue weighted by Gasteiger charge is 2.21. The summed E-state index contributed by atoms with van der Waals surface area (Å²) in [7, 11) is 0. The number of allylic oxidation sites excluding steroid dienone is 2. The first kappa shape index (κ1) is 10.1. The predicted molar refractivity (Wildman–Crippen MR) is 57.8 cm³/mol. The monoisotopic (exact) mass is 204 g/mol. The second-order valence-corrected chi connectivity index (χ2v) is 3.82. The molecule has 0 heterocycles. The lowest BCUT2D eigenvalue weighted by molar-refractivity contribution is -0.108. The molecule has 15 heavy (non-hydrogen) atoms. The maximum absolute atomic E-state index is 13.5. The lowest BCUT2D eigenvalue weighted by Gasteiger charge is -2.12. The molecule has 0 bridgehead atoms. The van der Waals surface area contributed by atoms with E-state index in [1.54, 1.807) is 12.1 Å². The van der Waals surface area contributed by atoms with Crippen LogP contribution in [0.15, 0.2) is 30.3 Å². The van der Waals surface area contributed by atoms with Crippen LogP contribution < -0.4 is 0 Å². The molecule has 1 nitrogen and oxygen atoms in total. The highest BCUT2D eigenvalue weighted by atomic mass is 19.1. The molecule has 0 saturated heterocycles. The van der Waals surface area contributed by atoms with Crippen molar-refractivity contribution >= 4 is 11.9 Å². The van der Waals surface area contributed by atoms with E-state index in [4.69, 9.17) is 0 Å². The molecule has 1 aromatic rings. The first-order valence-electron chi connectivity index (χ1n) is 5.21. The summed E-state index contributed by atoms with van der Waals surface area (Å²) in [5.41, 5.74) is 1.65. The number of rotatable bonds is 3. The van der Waals surface area contributed by atoms with Gasteiger partial charge in [-0.15, -0.1) is 0 Å². The fraction of sp³-hybridized carbons (Fsp3) is 0.308. The third-order valence-electron chi connectivity index (χ3n) is 2.88. The molecule has 0 saturated carbocycles. The van der Waals surface area contributed by atoms with E-state index in [1.165, 1.54) is 6.07 Å². The van der Waals surface area contributed by atoms with Gasteiger partial charge < -0.3 is 4.79 Å². The summed E-state index contributed by atoms with van der Waals surface area (Å²) in [5, 5.41) is 0. The minimum absolute atomic E-state index is 0.193. The lowest BCUT2D eigenvalue weighted by atomic mass is 9.92. The van der Waals surface area contributed by atoms with Gasteiger partial charge in [-0.2, -0.15) is 0 Å². The van der Waals surface area contributed by atoms with Crippen LogP contribution in [0.25, 0.3) is 5.57 Å². The molecule has 78 valence electrons. The molecule has 1 aliphatic rings. The van der Waals surface area contributed by atoms with Crippen LogP contribution >= 0.6 is 0 Å². The number of aldehydes is 1. The number of hydrogen-bond acceptors (Lipinski definition) is 1. The molecule has 0 radical (unpaired) electrons. The van der Waals surface area contributed by atoms with Crippen molar-refractivity contribution in [3.63, 3.8) is 0 Å². The number of halogens is 1. The summed E-state index contributed by atoms with van der Waals surface area (Å²) < 4.78 is 13.5. The average molecular weight is 204 g/mol. The van der Waals surface area contributed by atoms with Crippen LogP contribution in [0.5, 0.6) is 0 Å². The smallest absolute Gasteiger partial charge is 0.130 e. The third-order valence-corrected chi connectivity index (χ3v) is 2.88. The van der Waals surface area contributed by atoms with Gasteiger partial charge in [-0.1, -0.05) is 24.3 Å². The molecule has 1 aromatic carbocycles. The largest absolute Gasteiger partial charge is 0.303 e. The Balaban J connectivity index is 2.30. The fourth-order valence-corrected chi connectivity index (χ4v) is 2.15. The number of carbonyl (C=O) groups is 1. The maximum atomic E-state index is 13.5. The predicted octanol–water partition coefficient (Wildman–Crippen LogP) is 3.21. The highest BCUT2D eigenvalue weighted by molar-refractivity contribution is 5.72. The second kappa shape index (κ2) is 4.39. The van der Waals surface area contributed by atoms with Crippen LogP contribution in [0.4, 0.5) is 4.39 Å². The molecule has 0 aromatic heterocycles. The summed E-state index contributed by atoms with van der Waals surface area (Å²) in [5.74, 6) is 0.0148. The molecule has 2 heteroatoms. The number of carbonyl (C=O) groups excluding carboxylic acids is 1. The van der Waals surface area contributed by atoms with Crippen molar-refractivity contribution in [3.05, 3.63) is 41.7 Å². The van der Waals surface area contributed by atoms with Crippen molar-refractivity contribution in [2.24, 2.45) is 5.92 Å². The standard InChI is InChI=1S/C13H13FO/c14-13-7-2-1-5-12(13)11-6-3-4-10(11)8-9-15/h1-2,5-7,9-10H,3-4,8H2. The molecule has 2 rings (SSSR count). The zero-order valence-corrected chi connectivity index (χ0v) is 8.45. The Bertz CT molecular complexity index is 395. The van der Waals surface area contributed by atoms with Gasteiger partial charge in [0.15, 0.2) is 0 Å². The first-order valence-corrected chi connectivity index (χ1v) is 5.21. The van der Waals surface area contributed by atoms with E-state index >= 15 is 0 Å². The van der Waals surface area contributed by atoms with E-state index in [0.717, 1.165) is 24.7 Å². The first-order chi connectivity index (χ1) is 7.33. The van der Waals surface area contributed by atoms with Crippen molar-refractivity contribution in [3.8, 4) is 0 Å². The van der Waals surface area contributed by atoms with E-state index in [9.17, 15) is 9.18 Å². The average Bonchev–Trinajstić information content (AvgIpc) is 2.67. The van der Waals surface area contributed by atoms with Gasteiger partial charge >= 0.3 is 0 Å². The molecule has 0 fully saturated rings. The van der Waals surface area contributed by atoms with Crippen LogP contribution in [0.3, 0.4) is 0 Å². The molecule has 0 amide bonds. The van der Waals surface area contributed by atoms with Crippen LogP contribution in [0.1, 0.15) is 24.8 Å². The Morgan fingerprint density at radius 2 is 2.20 bits per heavy atom. The van der Waals surface area contributed by atoms with Crippen molar-refractivity contribution in [1.82, 2.24) is 0 Å². The van der Waals surface area contributed by atoms with Gasteiger partial charge in [-0.05, 0) is 30.4 Å². The second-order valence-electron chi connectivity index (χ2n) is 3.82. The van der Waals surface area contributed by atoms with Crippen molar-refractivity contribution in [2.45, 2.75) is 19.3 Å². The SMILES string of the molecule is O=CCC1CCC=C1c1ccccc1F. The molecule has 1 aliphatic carbocycles.